The van der Waals surface area contributed by atoms with Crippen LogP contribution in [0.3, 0.4) is 0 Å². The highest BCUT2D eigenvalue weighted by Gasteiger charge is 1.92. The Morgan fingerprint density at radius 3 is 2.78 bits per heavy atom. The Morgan fingerprint density at radius 2 is 2.33 bits per heavy atom. The second kappa shape index (κ2) is 2.50. The number of hydrogen-bond acceptors (Lipinski definition) is 4. The molecule has 0 spiro atoms. The topological polar surface area (TPSA) is 55.7 Å². The van der Waals surface area contributed by atoms with E-state index in [0.717, 1.165) is 0 Å². The number of rotatable bonds is 1. The highest BCUT2D eigenvalue weighted by atomic mass is 35.5. The number of aldehydes is 1. The molecule has 5 heteroatoms. The number of carbonyl (C=O) groups excluding carboxylic acids is 1. The van der Waals surface area contributed by atoms with Gasteiger partial charge in [-0.15, -0.1) is 0 Å². The van der Waals surface area contributed by atoms with Crippen LogP contribution in [0.15, 0.2) is 6.33 Å². The number of halogens is 1. The summed E-state index contributed by atoms with van der Waals surface area (Å²) in [5.74, 6) is 0.0509. The smallest absolute Gasteiger partial charge is 0.225 e. The summed E-state index contributed by atoms with van der Waals surface area (Å²) in [6.45, 7) is 0. The van der Waals surface area contributed by atoms with E-state index in [4.69, 9.17) is 11.6 Å². The molecule has 9 heavy (non-hydrogen) atoms. The van der Waals surface area contributed by atoms with Gasteiger partial charge in [0.15, 0.2) is 12.1 Å². The summed E-state index contributed by atoms with van der Waals surface area (Å²) in [6.07, 6.45) is 1.69. The van der Waals surface area contributed by atoms with Crippen molar-refractivity contribution in [3.63, 3.8) is 0 Å². The molecule has 0 N–H and O–H groups in total. The van der Waals surface area contributed by atoms with Crippen molar-refractivity contribution in [1.29, 1.82) is 0 Å². The maximum absolute atomic E-state index is 9.95. The largest absolute Gasteiger partial charge is 0.294 e. The van der Waals surface area contributed by atoms with Gasteiger partial charge in [0.1, 0.15) is 6.33 Å². The molecule has 0 amide bonds. The van der Waals surface area contributed by atoms with Crippen molar-refractivity contribution in [2.45, 2.75) is 0 Å². The average molecular weight is 144 g/mol. The SMILES string of the molecule is O=Cc1ncnc(Cl)n1. The molecule has 0 atom stereocenters. The van der Waals surface area contributed by atoms with Crippen molar-refractivity contribution >= 4 is 17.9 Å². The van der Waals surface area contributed by atoms with Crippen LogP contribution in [-0.4, -0.2) is 21.2 Å². The molecule has 0 aromatic carbocycles. The first-order valence-corrected chi connectivity index (χ1v) is 2.50. The molecule has 0 unspecified atom stereocenters. The maximum Gasteiger partial charge on any atom is 0.225 e. The summed E-state index contributed by atoms with van der Waals surface area (Å²) in [7, 11) is 0. The van der Waals surface area contributed by atoms with Crippen molar-refractivity contribution < 1.29 is 4.79 Å². The quantitative estimate of drug-likeness (QED) is 0.532. The van der Waals surface area contributed by atoms with Crippen molar-refractivity contribution in [2.24, 2.45) is 0 Å². The fraction of sp³-hybridized carbons (Fsp3) is 0. The van der Waals surface area contributed by atoms with E-state index < -0.39 is 0 Å². The highest BCUT2D eigenvalue weighted by molar-refractivity contribution is 6.28. The van der Waals surface area contributed by atoms with E-state index in [1.54, 1.807) is 0 Å². The average Bonchev–Trinajstić information content (AvgIpc) is 1.88. The van der Waals surface area contributed by atoms with Crippen molar-refractivity contribution in [1.82, 2.24) is 15.0 Å². The number of nitrogens with zero attached hydrogens (tertiary/aromatic N) is 3. The zero-order valence-corrected chi connectivity index (χ0v) is 5.04. The van der Waals surface area contributed by atoms with Gasteiger partial charge in [0, 0.05) is 0 Å². The molecule has 0 saturated heterocycles. The monoisotopic (exact) mass is 143 g/mol. The van der Waals surface area contributed by atoms with Crippen LogP contribution >= 0.6 is 11.6 Å². The van der Waals surface area contributed by atoms with Crippen LogP contribution in [0.4, 0.5) is 0 Å². The van der Waals surface area contributed by atoms with Crippen LogP contribution in [0.2, 0.25) is 5.28 Å². The molecule has 0 aliphatic rings. The molecule has 1 rings (SSSR count). The molecule has 0 aliphatic heterocycles. The van der Waals surface area contributed by atoms with Gasteiger partial charge in [0.2, 0.25) is 5.28 Å². The standard InChI is InChI=1S/C4H2ClN3O/c5-4-7-2-6-3(1-9)8-4/h1-2H. The van der Waals surface area contributed by atoms with E-state index in [9.17, 15) is 4.79 Å². The van der Waals surface area contributed by atoms with E-state index in [-0.39, 0.29) is 11.1 Å². The van der Waals surface area contributed by atoms with Gasteiger partial charge in [0.05, 0.1) is 0 Å². The summed E-state index contributed by atoms with van der Waals surface area (Å²) < 4.78 is 0. The normalized spacial score (nSPS) is 9.00. The fourth-order valence-corrected chi connectivity index (χ4v) is 0.475. The van der Waals surface area contributed by atoms with E-state index in [1.807, 2.05) is 0 Å². The van der Waals surface area contributed by atoms with Gasteiger partial charge in [-0.05, 0) is 11.6 Å². The molecule has 46 valence electrons. The lowest BCUT2D eigenvalue weighted by molar-refractivity contribution is 0.111. The molecule has 0 aliphatic carbocycles. The second-order valence-corrected chi connectivity index (χ2v) is 1.57. The predicted octanol–water partition coefficient (Wildman–Crippen LogP) is 0.337. The first-order valence-electron chi connectivity index (χ1n) is 2.12. The minimum atomic E-state index is 0.0344. The Morgan fingerprint density at radius 1 is 1.56 bits per heavy atom. The van der Waals surface area contributed by atoms with Gasteiger partial charge in [-0.2, -0.15) is 4.98 Å². The minimum absolute atomic E-state index is 0.0344. The molecule has 0 fully saturated rings. The Hall–Kier alpha value is -1.03. The van der Waals surface area contributed by atoms with Crippen LogP contribution in [0.5, 0.6) is 0 Å². The molecular formula is C4H2ClN3O. The fourth-order valence-electron chi connectivity index (χ4n) is 0.345. The highest BCUT2D eigenvalue weighted by Crippen LogP contribution is 1.94. The summed E-state index contributed by atoms with van der Waals surface area (Å²) >= 11 is 5.30. The molecule has 4 nitrogen and oxygen atoms in total. The van der Waals surface area contributed by atoms with Gasteiger partial charge in [0.25, 0.3) is 0 Å². The Labute approximate surface area is 55.9 Å². The van der Waals surface area contributed by atoms with Crippen LogP contribution in [-0.2, 0) is 0 Å². The van der Waals surface area contributed by atoms with Crippen molar-refractivity contribution in [3.8, 4) is 0 Å². The predicted molar refractivity (Wildman–Crippen MR) is 30.2 cm³/mol. The number of carbonyl (C=O) groups is 1. The summed E-state index contributed by atoms with van der Waals surface area (Å²) in [5, 5.41) is 0.0344. The molecular weight excluding hydrogens is 142 g/mol. The van der Waals surface area contributed by atoms with E-state index in [0.29, 0.717) is 6.29 Å². The lowest BCUT2D eigenvalue weighted by atomic mass is 10.7. The van der Waals surface area contributed by atoms with Crippen LogP contribution in [0.25, 0.3) is 0 Å². The molecule has 1 heterocycles. The summed E-state index contributed by atoms with van der Waals surface area (Å²) in [5.41, 5.74) is 0. The Balaban J connectivity index is 3.07. The Bertz CT molecular complexity index is 227. The minimum Gasteiger partial charge on any atom is -0.294 e. The molecule has 0 radical (unpaired) electrons. The maximum atomic E-state index is 9.95. The molecule has 0 bridgehead atoms. The van der Waals surface area contributed by atoms with Gasteiger partial charge in [-0.25, -0.2) is 9.97 Å². The van der Waals surface area contributed by atoms with Crippen molar-refractivity contribution in [3.05, 3.63) is 17.4 Å². The first-order chi connectivity index (χ1) is 4.33. The zero-order valence-electron chi connectivity index (χ0n) is 4.28. The lowest BCUT2D eigenvalue weighted by Gasteiger charge is -1.85. The van der Waals surface area contributed by atoms with E-state index in [2.05, 4.69) is 15.0 Å². The van der Waals surface area contributed by atoms with Crippen LogP contribution < -0.4 is 0 Å². The molecule has 1 aromatic rings. The Kier molecular flexibility index (Phi) is 1.69. The third kappa shape index (κ3) is 1.43. The molecule has 0 saturated carbocycles. The number of hydrogen-bond donors (Lipinski definition) is 0. The van der Waals surface area contributed by atoms with Crippen LogP contribution in [0, 0.1) is 0 Å². The third-order valence-electron chi connectivity index (χ3n) is 0.666. The van der Waals surface area contributed by atoms with Crippen molar-refractivity contribution in [2.75, 3.05) is 0 Å². The second-order valence-electron chi connectivity index (χ2n) is 1.23. The van der Waals surface area contributed by atoms with Gasteiger partial charge < -0.3 is 0 Å². The summed E-state index contributed by atoms with van der Waals surface area (Å²) in [6, 6.07) is 0. The third-order valence-corrected chi connectivity index (χ3v) is 0.849. The van der Waals surface area contributed by atoms with Gasteiger partial charge in [-0.1, -0.05) is 0 Å². The van der Waals surface area contributed by atoms with Gasteiger partial charge in [-0.3, -0.25) is 4.79 Å². The van der Waals surface area contributed by atoms with Crippen LogP contribution in [0.1, 0.15) is 10.6 Å². The lowest BCUT2D eigenvalue weighted by Crippen LogP contribution is -1.92. The first kappa shape index (κ1) is 6.10. The molecule has 1 aromatic heterocycles. The van der Waals surface area contributed by atoms with E-state index >= 15 is 0 Å². The zero-order chi connectivity index (χ0) is 6.69. The number of aromatic nitrogens is 3. The summed E-state index contributed by atoms with van der Waals surface area (Å²) in [4.78, 5) is 20.4. The van der Waals surface area contributed by atoms with Gasteiger partial charge >= 0.3 is 0 Å². The van der Waals surface area contributed by atoms with E-state index in [1.165, 1.54) is 6.33 Å².